The van der Waals surface area contributed by atoms with Gasteiger partial charge in [0.2, 0.25) is 11.1 Å². The Morgan fingerprint density at radius 2 is 2.06 bits per heavy atom. The van der Waals surface area contributed by atoms with Gasteiger partial charge in [0.25, 0.3) is 0 Å². The van der Waals surface area contributed by atoms with Crippen molar-refractivity contribution in [2.45, 2.75) is 31.7 Å². The molecule has 0 aliphatic carbocycles. The second kappa shape index (κ2) is 7.48. The van der Waals surface area contributed by atoms with Gasteiger partial charge in [0.05, 0.1) is 0 Å². The third-order valence-electron chi connectivity index (χ3n) is 1.77. The largest absolute Gasteiger partial charge is 0.368 e. The molecule has 0 saturated heterocycles. The quantitative estimate of drug-likeness (QED) is 0.530. The van der Waals surface area contributed by atoms with Gasteiger partial charge in [-0.1, -0.05) is 11.8 Å². The molecule has 7 heteroatoms. The van der Waals surface area contributed by atoms with Crippen molar-refractivity contribution in [3.8, 4) is 0 Å². The van der Waals surface area contributed by atoms with Crippen molar-refractivity contribution in [2.24, 2.45) is 0 Å². The highest BCUT2D eigenvalue weighted by atomic mass is 32.2. The molecule has 1 aromatic rings. The van der Waals surface area contributed by atoms with Crippen molar-refractivity contribution < 1.29 is 9.47 Å². The fourth-order valence-corrected chi connectivity index (χ4v) is 1.92. The molecule has 3 N–H and O–H groups in total. The number of nitrogens with one attached hydrogen (secondary N) is 1. The third kappa shape index (κ3) is 4.82. The van der Waals surface area contributed by atoms with E-state index in [2.05, 4.69) is 15.2 Å². The smallest absolute Gasteiger partial charge is 0.216 e. The number of hydrogen-bond acceptors (Lipinski definition) is 6. The van der Waals surface area contributed by atoms with Crippen LogP contribution in [0.2, 0.25) is 0 Å². The Balaban J connectivity index is 2.21. The number of nitrogens with two attached hydrogens (primary N) is 1. The molecule has 0 bridgehead atoms. The van der Waals surface area contributed by atoms with Gasteiger partial charge in [-0.3, -0.25) is 0 Å². The number of thioether (sulfide) groups is 1. The predicted molar refractivity (Wildman–Crippen MR) is 63.2 cm³/mol. The van der Waals surface area contributed by atoms with E-state index in [4.69, 9.17) is 15.2 Å². The van der Waals surface area contributed by atoms with E-state index in [0.29, 0.717) is 24.3 Å². The number of rotatable bonds is 8. The van der Waals surface area contributed by atoms with Gasteiger partial charge < -0.3 is 15.2 Å². The summed E-state index contributed by atoms with van der Waals surface area (Å²) in [5.74, 6) is 1.18. The minimum Gasteiger partial charge on any atom is -0.368 e. The van der Waals surface area contributed by atoms with Crippen LogP contribution in [0.25, 0.3) is 0 Å². The van der Waals surface area contributed by atoms with Crippen molar-refractivity contribution in [2.75, 3.05) is 24.7 Å². The van der Waals surface area contributed by atoms with Gasteiger partial charge in [0.1, 0.15) is 0 Å². The van der Waals surface area contributed by atoms with Crippen LogP contribution in [0.5, 0.6) is 0 Å². The molecule has 0 atom stereocenters. The number of nitrogens with zero attached hydrogens (tertiary/aromatic N) is 2. The minimum atomic E-state index is -0.140. The van der Waals surface area contributed by atoms with E-state index < -0.39 is 0 Å². The summed E-state index contributed by atoms with van der Waals surface area (Å²) >= 11 is 1.53. The number of aromatic amines is 1. The fourth-order valence-electron chi connectivity index (χ4n) is 1.16. The van der Waals surface area contributed by atoms with Crippen LogP contribution in [0, 0.1) is 0 Å². The summed E-state index contributed by atoms with van der Waals surface area (Å²) in [6.07, 6.45) is 0.666. The Kier molecular flexibility index (Phi) is 6.20. The zero-order valence-electron chi connectivity index (χ0n) is 9.60. The van der Waals surface area contributed by atoms with Crippen molar-refractivity contribution in [1.82, 2.24) is 15.2 Å². The van der Waals surface area contributed by atoms with Gasteiger partial charge in [-0.2, -0.15) is 4.98 Å². The summed E-state index contributed by atoms with van der Waals surface area (Å²) in [5.41, 5.74) is 5.41. The number of H-pyrrole nitrogens is 1. The molecule has 0 aromatic carbocycles. The van der Waals surface area contributed by atoms with Crippen LogP contribution in [0.3, 0.4) is 0 Å². The molecule has 0 aliphatic heterocycles. The van der Waals surface area contributed by atoms with Crippen molar-refractivity contribution >= 4 is 17.7 Å². The molecule has 0 aliphatic rings. The van der Waals surface area contributed by atoms with Gasteiger partial charge in [-0.15, -0.1) is 5.10 Å². The molecule has 1 heterocycles. The maximum absolute atomic E-state index is 5.42. The molecule has 0 spiro atoms. The number of hydrogen-bond donors (Lipinski definition) is 2. The van der Waals surface area contributed by atoms with Crippen LogP contribution in [-0.2, 0) is 9.47 Å². The number of anilines is 1. The summed E-state index contributed by atoms with van der Waals surface area (Å²) in [6, 6.07) is 0. The molecule has 92 valence electrons. The Bertz CT molecular complexity index is 289. The summed E-state index contributed by atoms with van der Waals surface area (Å²) in [5, 5.41) is 7.17. The number of nitrogen functional groups attached to an aromatic ring is 1. The Morgan fingerprint density at radius 3 is 2.56 bits per heavy atom. The molecule has 16 heavy (non-hydrogen) atoms. The highest BCUT2D eigenvalue weighted by Crippen LogP contribution is 2.16. The summed E-state index contributed by atoms with van der Waals surface area (Å²) in [4.78, 5) is 3.99. The molecule has 0 radical (unpaired) electrons. The van der Waals surface area contributed by atoms with E-state index in [1.54, 1.807) is 0 Å². The first kappa shape index (κ1) is 13.3. The monoisotopic (exact) mass is 246 g/mol. The maximum atomic E-state index is 5.42. The van der Waals surface area contributed by atoms with Crippen LogP contribution in [0.4, 0.5) is 5.95 Å². The highest BCUT2D eigenvalue weighted by molar-refractivity contribution is 7.99. The van der Waals surface area contributed by atoms with Crippen molar-refractivity contribution in [3.63, 3.8) is 0 Å². The summed E-state index contributed by atoms with van der Waals surface area (Å²) in [7, 11) is 0. The third-order valence-corrected chi connectivity index (χ3v) is 2.65. The standard InChI is InChI=1S/C9H18N4O2S/c1-3-14-7(15-4-2)5-6-16-9-11-8(10)12-13-9/h7H,3-6H2,1-2H3,(H3,10,11,12,13). The average molecular weight is 246 g/mol. The highest BCUT2D eigenvalue weighted by Gasteiger charge is 2.09. The first-order valence-electron chi connectivity index (χ1n) is 5.30. The molecule has 0 unspecified atom stereocenters. The van der Waals surface area contributed by atoms with Gasteiger partial charge in [0.15, 0.2) is 6.29 Å². The second-order valence-corrected chi connectivity index (χ2v) is 4.04. The predicted octanol–water partition coefficient (Wildman–Crippen LogP) is 1.27. The summed E-state index contributed by atoms with van der Waals surface area (Å²) < 4.78 is 10.8. The topological polar surface area (TPSA) is 86.0 Å². The lowest BCUT2D eigenvalue weighted by Crippen LogP contribution is -2.18. The first-order chi connectivity index (χ1) is 7.76. The van der Waals surface area contributed by atoms with Gasteiger partial charge in [0, 0.05) is 25.4 Å². The van der Waals surface area contributed by atoms with Crippen LogP contribution < -0.4 is 5.73 Å². The van der Waals surface area contributed by atoms with E-state index in [1.807, 2.05) is 13.8 Å². The Morgan fingerprint density at radius 1 is 1.38 bits per heavy atom. The molecular formula is C9H18N4O2S. The molecule has 6 nitrogen and oxygen atoms in total. The zero-order valence-corrected chi connectivity index (χ0v) is 10.4. The SMILES string of the molecule is CCOC(CCSc1n[nH]c(N)n1)OCC. The fraction of sp³-hybridized carbons (Fsp3) is 0.778. The van der Waals surface area contributed by atoms with E-state index >= 15 is 0 Å². The average Bonchev–Trinajstić information content (AvgIpc) is 2.65. The normalized spacial score (nSPS) is 11.2. The summed E-state index contributed by atoms with van der Waals surface area (Å²) in [6.45, 7) is 5.22. The molecule has 0 fully saturated rings. The maximum Gasteiger partial charge on any atom is 0.216 e. The van der Waals surface area contributed by atoms with Crippen molar-refractivity contribution in [3.05, 3.63) is 0 Å². The minimum absolute atomic E-state index is 0.140. The lowest BCUT2D eigenvalue weighted by Gasteiger charge is -2.15. The first-order valence-corrected chi connectivity index (χ1v) is 6.28. The molecular weight excluding hydrogens is 228 g/mol. The Hall–Kier alpha value is -0.790. The van der Waals surface area contributed by atoms with Crippen LogP contribution in [0.1, 0.15) is 20.3 Å². The molecule has 1 aromatic heterocycles. The van der Waals surface area contributed by atoms with Crippen LogP contribution in [-0.4, -0.2) is 40.4 Å². The van der Waals surface area contributed by atoms with Crippen molar-refractivity contribution in [1.29, 1.82) is 0 Å². The van der Waals surface area contributed by atoms with E-state index in [0.717, 1.165) is 12.2 Å². The van der Waals surface area contributed by atoms with E-state index in [1.165, 1.54) is 11.8 Å². The number of aromatic nitrogens is 3. The van der Waals surface area contributed by atoms with Gasteiger partial charge in [-0.05, 0) is 13.8 Å². The van der Waals surface area contributed by atoms with Gasteiger partial charge in [-0.25, -0.2) is 5.10 Å². The van der Waals surface area contributed by atoms with E-state index in [9.17, 15) is 0 Å². The molecule has 0 saturated carbocycles. The second-order valence-electron chi connectivity index (χ2n) is 2.98. The van der Waals surface area contributed by atoms with Crippen LogP contribution in [0.15, 0.2) is 5.16 Å². The van der Waals surface area contributed by atoms with Gasteiger partial charge >= 0.3 is 0 Å². The lowest BCUT2D eigenvalue weighted by atomic mass is 10.5. The Labute approximate surface area is 99.3 Å². The lowest BCUT2D eigenvalue weighted by molar-refractivity contribution is -0.136. The van der Waals surface area contributed by atoms with E-state index in [-0.39, 0.29) is 6.29 Å². The zero-order chi connectivity index (χ0) is 11.8. The molecule has 1 rings (SSSR count). The molecule has 0 amide bonds. The van der Waals surface area contributed by atoms with Crippen LogP contribution >= 0.6 is 11.8 Å². The number of ether oxygens (including phenoxy) is 2.